The molecule has 0 aromatic heterocycles. The van der Waals surface area contributed by atoms with Crippen molar-refractivity contribution < 1.29 is 4.79 Å². The van der Waals surface area contributed by atoms with E-state index < -0.39 is 0 Å². The number of carbonyl (C=O) groups is 1. The van der Waals surface area contributed by atoms with Gasteiger partial charge in [-0.1, -0.05) is 146 Å². The normalized spacial score (nSPS) is 17.3. The molecule has 0 saturated heterocycles. The van der Waals surface area contributed by atoms with Crippen LogP contribution in [0, 0.1) is 0 Å². The van der Waals surface area contributed by atoms with Crippen LogP contribution in [0.2, 0.25) is 0 Å². The maximum absolute atomic E-state index is 11.8. The summed E-state index contributed by atoms with van der Waals surface area (Å²) in [6.45, 7) is 0. The van der Waals surface area contributed by atoms with E-state index in [1.807, 2.05) is 36.4 Å². The molecule has 1 nitrogen and oxygen atoms in total. The molecule has 0 N–H and O–H groups in total. The van der Waals surface area contributed by atoms with Gasteiger partial charge < -0.3 is 0 Å². The van der Waals surface area contributed by atoms with Crippen LogP contribution in [-0.2, 0) is 0 Å². The van der Waals surface area contributed by atoms with Crippen molar-refractivity contribution in [2.45, 2.75) is 18.3 Å². The van der Waals surface area contributed by atoms with Crippen molar-refractivity contribution in [1.82, 2.24) is 0 Å². The number of fused-ring (bicyclic) bond motifs is 2. The Labute approximate surface area is 218 Å². The molecule has 0 bridgehead atoms. The van der Waals surface area contributed by atoms with E-state index in [4.69, 9.17) is 0 Å². The minimum Gasteiger partial charge on any atom is -0.294 e. The number of allylic oxidation sites excluding steroid dienone is 1. The van der Waals surface area contributed by atoms with E-state index in [1.165, 1.54) is 39.0 Å². The average Bonchev–Trinajstić information content (AvgIpc) is 3.53. The Morgan fingerprint density at radius 3 is 1.68 bits per heavy atom. The highest BCUT2D eigenvalue weighted by atomic mass is 16.1. The zero-order chi connectivity index (χ0) is 25.0. The zero-order valence-electron chi connectivity index (χ0n) is 20.6. The van der Waals surface area contributed by atoms with Crippen LogP contribution in [0.25, 0.3) is 5.57 Å². The van der Waals surface area contributed by atoms with Gasteiger partial charge in [0.25, 0.3) is 0 Å². The summed E-state index contributed by atoms with van der Waals surface area (Å²) < 4.78 is 0. The Balaban J connectivity index is 0.000000141. The molecular formula is C36H28O. The highest BCUT2D eigenvalue weighted by Gasteiger charge is 2.29. The second kappa shape index (κ2) is 10.2. The van der Waals surface area contributed by atoms with Crippen LogP contribution in [0.3, 0.4) is 0 Å². The molecule has 5 aromatic carbocycles. The Bertz CT molecular complexity index is 1550. The highest BCUT2D eigenvalue weighted by molar-refractivity contribution is 6.01. The van der Waals surface area contributed by atoms with Gasteiger partial charge >= 0.3 is 0 Å². The molecule has 37 heavy (non-hydrogen) atoms. The molecule has 5 aromatic rings. The van der Waals surface area contributed by atoms with E-state index in [9.17, 15) is 4.79 Å². The molecule has 178 valence electrons. The maximum Gasteiger partial charge on any atom is 0.164 e. The highest BCUT2D eigenvalue weighted by Crippen LogP contribution is 2.42. The third kappa shape index (κ3) is 4.57. The molecule has 0 amide bonds. The van der Waals surface area contributed by atoms with Crippen LogP contribution in [0.4, 0.5) is 0 Å². The lowest BCUT2D eigenvalue weighted by atomic mass is 9.93. The molecule has 0 heterocycles. The van der Waals surface area contributed by atoms with Gasteiger partial charge in [-0.3, -0.25) is 4.79 Å². The van der Waals surface area contributed by atoms with Crippen molar-refractivity contribution in [3.05, 3.63) is 185 Å². The lowest BCUT2D eigenvalue weighted by Crippen LogP contribution is -1.95. The topological polar surface area (TPSA) is 17.1 Å². The van der Waals surface area contributed by atoms with Crippen molar-refractivity contribution in [3.8, 4) is 0 Å². The predicted molar refractivity (Wildman–Crippen MR) is 152 cm³/mol. The second-order valence-corrected chi connectivity index (χ2v) is 9.60. The van der Waals surface area contributed by atoms with E-state index in [2.05, 4.69) is 109 Å². The Morgan fingerprint density at radius 1 is 0.486 bits per heavy atom. The van der Waals surface area contributed by atoms with Crippen LogP contribution >= 0.6 is 0 Å². The molecule has 0 aliphatic heterocycles. The van der Waals surface area contributed by atoms with Gasteiger partial charge in [-0.15, -0.1) is 0 Å². The van der Waals surface area contributed by atoms with E-state index in [-0.39, 0.29) is 11.7 Å². The lowest BCUT2D eigenvalue weighted by Gasteiger charge is -2.10. The fourth-order valence-electron chi connectivity index (χ4n) is 5.61. The fraction of sp³-hybridized carbons (Fsp3) is 0.0833. The molecule has 2 aliphatic carbocycles. The predicted octanol–water partition coefficient (Wildman–Crippen LogP) is 8.67. The smallest absolute Gasteiger partial charge is 0.164 e. The molecule has 0 spiro atoms. The first-order valence-electron chi connectivity index (χ1n) is 12.9. The van der Waals surface area contributed by atoms with E-state index in [0.29, 0.717) is 12.3 Å². The average molecular weight is 477 g/mol. The Morgan fingerprint density at radius 2 is 1.00 bits per heavy atom. The third-order valence-corrected chi connectivity index (χ3v) is 7.39. The van der Waals surface area contributed by atoms with Gasteiger partial charge in [0, 0.05) is 23.8 Å². The molecule has 7 rings (SSSR count). The van der Waals surface area contributed by atoms with Gasteiger partial charge in [0.1, 0.15) is 0 Å². The van der Waals surface area contributed by atoms with Crippen LogP contribution in [0.5, 0.6) is 0 Å². The van der Waals surface area contributed by atoms with Crippen LogP contribution < -0.4 is 0 Å². The molecule has 1 heteroatoms. The minimum absolute atomic E-state index is 0.255. The van der Waals surface area contributed by atoms with Gasteiger partial charge in [0.2, 0.25) is 0 Å². The first-order valence-corrected chi connectivity index (χ1v) is 12.9. The van der Waals surface area contributed by atoms with Crippen LogP contribution in [0.15, 0.2) is 146 Å². The van der Waals surface area contributed by atoms with Crippen molar-refractivity contribution >= 4 is 11.4 Å². The molecule has 2 atom stereocenters. The minimum atomic E-state index is 0.255. The number of hydrogen-bond donors (Lipinski definition) is 0. The Hall–Kier alpha value is -4.49. The maximum atomic E-state index is 11.8. The largest absolute Gasteiger partial charge is 0.294 e. The van der Waals surface area contributed by atoms with Gasteiger partial charge in [0.15, 0.2) is 5.78 Å². The summed E-state index contributed by atoms with van der Waals surface area (Å²) in [6.07, 6.45) is 3.01. The molecule has 0 fully saturated rings. The summed E-state index contributed by atoms with van der Waals surface area (Å²) in [5, 5.41) is 0. The van der Waals surface area contributed by atoms with Gasteiger partial charge in [-0.25, -0.2) is 0 Å². The monoisotopic (exact) mass is 476 g/mol. The van der Waals surface area contributed by atoms with E-state index in [0.717, 1.165) is 5.56 Å². The molecular weight excluding hydrogens is 448 g/mol. The van der Waals surface area contributed by atoms with Crippen molar-refractivity contribution in [2.24, 2.45) is 0 Å². The van der Waals surface area contributed by atoms with Crippen molar-refractivity contribution in [2.75, 3.05) is 0 Å². The van der Waals surface area contributed by atoms with Crippen LogP contribution in [-0.4, -0.2) is 5.78 Å². The molecule has 0 saturated carbocycles. The summed E-state index contributed by atoms with van der Waals surface area (Å²) in [5.74, 6) is 0.881. The number of benzene rings is 5. The summed E-state index contributed by atoms with van der Waals surface area (Å²) in [5.41, 5.74) is 10.1. The quantitative estimate of drug-likeness (QED) is 0.255. The van der Waals surface area contributed by atoms with Crippen LogP contribution in [0.1, 0.15) is 62.0 Å². The number of hydrogen-bond acceptors (Lipinski definition) is 1. The summed E-state index contributed by atoms with van der Waals surface area (Å²) in [4.78, 5) is 11.8. The summed E-state index contributed by atoms with van der Waals surface area (Å²) in [7, 11) is 0. The SMILES string of the molecule is C1=C(c2ccccc2)c2ccccc2C1c1ccccc1.O=C1CC(c2ccccc2)c2ccccc21. The van der Waals surface area contributed by atoms with Gasteiger partial charge in [-0.05, 0) is 39.0 Å². The number of Topliss-reactive ketones (excluding diaryl/α,β-unsaturated/α-hetero) is 1. The van der Waals surface area contributed by atoms with Crippen molar-refractivity contribution in [1.29, 1.82) is 0 Å². The van der Waals surface area contributed by atoms with Crippen molar-refractivity contribution in [3.63, 3.8) is 0 Å². The Kier molecular flexibility index (Phi) is 6.35. The number of rotatable bonds is 3. The summed E-state index contributed by atoms with van der Waals surface area (Å²) in [6, 6.07) is 48.3. The van der Waals surface area contributed by atoms with Gasteiger partial charge in [0.05, 0.1) is 0 Å². The fourth-order valence-corrected chi connectivity index (χ4v) is 5.61. The summed E-state index contributed by atoms with van der Waals surface area (Å²) >= 11 is 0. The number of ketones is 1. The van der Waals surface area contributed by atoms with Gasteiger partial charge in [-0.2, -0.15) is 0 Å². The molecule has 2 unspecified atom stereocenters. The molecule has 2 aliphatic rings. The third-order valence-electron chi connectivity index (χ3n) is 7.39. The molecule has 0 radical (unpaired) electrons. The van der Waals surface area contributed by atoms with E-state index >= 15 is 0 Å². The first kappa shape index (κ1) is 22.9. The zero-order valence-corrected chi connectivity index (χ0v) is 20.6. The first-order chi connectivity index (χ1) is 18.3. The standard InChI is InChI=1S/C21H16.C15H12O/c1-3-9-16(10-4-1)20-15-21(17-11-5-2-6-12-17)19-14-8-7-13-18(19)20;16-15-10-14(11-6-2-1-3-7-11)12-8-4-5-9-13(12)15/h1-15,20H;1-9,14H,10H2. The van der Waals surface area contributed by atoms with E-state index in [1.54, 1.807) is 0 Å². The number of carbonyl (C=O) groups excluding carboxylic acids is 1. The lowest BCUT2D eigenvalue weighted by molar-refractivity contribution is 0.0991. The second-order valence-electron chi connectivity index (χ2n) is 9.60.